The van der Waals surface area contributed by atoms with Gasteiger partial charge in [0.05, 0.1) is 5.54 Å². The molecular formula is C16H24N2O. The van der Waals surface area contributed by atoms with Crippen molar-refractivity contribution < 1.29 is 4.79 Å². The molecule has 1 saturated heterocycles. The third kappa shape index (κ3) is 2.52. The molecule has 19 heavy (non-hydrogen) atoms. The molecule has 0 atom stereocenters. The molecule has 1 aliphatic rings. The van der Waals surface area contributed by atoms with Crippen molar-refractivity contribution in [3.63, 3.8) is 0 Å². The average molecular weight is 260 g/mol. The highest BCUT2D eigenvalue weighted by Crippen LogP contribution is 2.32. The summed E-state index contributed by atoms with van der Waals surface area (Å²) >= 11 is 0. The molecule has 1 aromatic rings. The van der Waals surface area contributed by atoms with Crippen LogP contribution in [0.1, 0.15) is 33.3 Å². The topological polar surface area (TPSA) is 23.6 Å². The van der Waals surface area contributed by atoms with E-state index in [1.807, 2.05) is 44.0 Å². The van der Waals surface area contributed by atoms with Gasteiger partial charge in [0.25, 0.3) is 0 Å². The van der Waals surface area contributed by atoms with E-state index in [2.05, 4.69) is 30.9 Å². The predicted molar refractivity (Wildman–Crippen MR) is 77.8 cm³/mol. The molecule has 0 radical (unpaired) electrons. The van der Waals surface area contributed by atoms with Crippen LogP contribution >= 0.6 is 0 Å². The molecule has 104 valence electrons. The van der Waals surface area contributed by atoms with Crippen molar-refractivity contribution in [1.82, 2.24) is 9.80 Å². The smallest absolute Gasteiger partial charge is 0.242 e. The Bertz CT molecular complexity index is 465. The third-order valence-electron chi connectivity index (χ3n) is 4.35. The Kier molecular flexibility index (Phi) is 3.43. The van der Waals surface area contributed by atoms with Gasteiger partial charge in [-0.15, -0.1) is 0 Å². The maximum absolute atomic E-state index is 12.6. The molecule has 2 rings (SSSR count). The first kappa shape index (κ1) is 14.1. The Morgan fingerprint density at radius 1 is 1.11 bits per heavy atom. The van der Waals surface area contributed by atoms with Crippen LogP contribution in [0.2, 0.25) is 0 Å². The van der Waals surface area contributed by atoms with Crippen LogP contribution in [0.4, 0.5) is 0 Å². The van der Waals surface area contributed by atoms with Crippen molar-refractivity contribution >= 4 is 5.91 Å². The van der Waals surface area contributed by atoms with Gasteiger partial charge in [-0.05, 0) is 40.3 Å². The summed E-state index contributed by atoms with van der Waals surface area (Å²) in [6, 6.07) is 10.2. The van der Waals surface area contributed by atoms with Crippen molar-refractivity contribution in [2.24, 2.45) is 0 Å². The number of amides is 1. The Labute approximate surface area is 116 Å². The summed E-state index contributed by atoms with van der Waals surface area (Å²) < 4.78 is 0. The molecule has 3 nitrogen and oxygen atoms in total. The van der Waals surface area contributed by atoms with E-state index in [9.17, 15) is 4.79 Å². The minimum Gasteiger partial charge on any atom is -0.335 e. The Balaban J connectivity index is 2.24. The largest absolute Gasteiger partial charge is 0.335 e. The van der Waals surface area contributed by atoms with Crippen molar-refractivity contribution in [2.75, 3.05) is 13.6 Å². The first-order chi connectivity index (χ1) is 8.75. The number of benzene rings is 1. The standard InChI is InChI=1S/C16H24N2O/c1-15(2)12-18(11-13-9-7-6-8-10-13)14(19)16(3,4)17(15)5/h6-10H,11-12H2,1-5H3. The molecule has 3 heteroatoms. The number of piperazine rings is 1. The molecule has 1 fully saturated rings. The summed E-state index contributed by atoms with van der Waals surface area (Å²) in [6.45, 7) is 9.86. The van der Waals surface area contributed by atoms with E-state index in [-0.39, 0.29) is 11.4 Å². The molecule has 1 amide bonds. The molecule has 1 heterocycles. The van der Waals surface area contributed by atoms with Crippen LogP contribution in [0.3, 0.4) is 0 Å². The van der Waals surface area contributed by atoms with E-state index < -0.39 is 5.54 Å². The summed E-state index contributed by atoms with van der Waals surface area (Å²) in [4.78, 5) is 16.8. The molecule has 0 saturated carbocycles. The number of nitrogens with zero attached hydrogens (tertiary/aromatic N) is 2. The van der Waals surface area contributed by atoms with E-state index in [4.69, 9.17) is 0 Å². The Hall–Kier alpha value is -1.35. The summed E-state index contributed by atoms with van der Waals surface area (Å²) in [7, 11) is 2.04. The van der Waals surface area contributed by atoms with Gasteiger partial charge in [0.2, 0.25) is 5.91 Å². The Morgan fingerprint density at radius 2 is 1.68 bits per heavy atom. The van der Waals surface area contributed by atoms with Gasteiger partial charge in [-0.3, -0.25) is 9.69 Å². The first-order valence-corrected chi connectivity index (χ1v) is 6.82. The normalized spacial score (nSPS) is 22.6. The lowest BCUT2D eigenvalue weighted by Crippen LogP contribution is -2.69. The van der Waals surface area contributed by atoms with Gasteiger partial charge in [-0.2, -0.15) is 0 Å². The number of likely N-dealkylation sites (N-methyl/N-ethyl adjacent to an activating group) is 1. The molecule has 1 aliphatic heterocycles. The van der Waals surface area contributed by atoms with E-state index in [0.717, 1.165) is 6.54 Å². The highest BCUT2D eigenvalue weighted by atomic mass is 16.2. The van der Waals surface area contributed by atoms with Crippen LogP contribution in [0.5, 0.6) is 0 Å². The fourth-order valence-electron chi connectivity index (χ4n) is 2.86. The van der Waals surface area contributed by atoms with E-state index in [0.29, 0.717) is 6.54 Å². The minimum atomic E-state index is -0.448. The quantitative estimate of drug-likeness (QED) is 0.816. The summed E-state index contributed by atoms with van der Waals surface area (Å²) in [5.41, 5.74) is 0.731. The molecular weight excluding hydrogens is 236 g/mol. The second kappa shape index (κ2) is 4.64. The van der Waals surface area contributed by atoms with Crippen LogP contribution in [0.15, 0.2) is 30.3 Å². The fourth-order valence-corrected chi connectivity index (χ4v) is 2.86. The van der Waals surface area contributed by atoms with Crippen LogP contribution in [-0.2, 0) is 11.3 Å². The van der Waals surface area contributed by atoms with E-state index in [1.165, 1.54) is 5.56 Å². The van der Waals surface area contributed by atoms with Gasteiger partial charge >= 0.3 is 0 Å². The lowest BCUT2D eigenvalue weighted by molar-refractivity contribution is -0.158. The minimum absolute atomic E-state index is 0.00775. The number of carbonyl (C=O) groups is 1. The number of rotatable bonds is 2. The maximum Gasteiger partial charge on any atom is 0.242 e. The zero-order chi connectivity index (χ0) is 14.3. The van der Waals surface area contributed by atoms with Crippen molar-refractivity contribution in [2.45, 2.75) is 45.3 Å². The van der Waals surface area contributed by atoms with Crippen LogP contribution < -0.4 is 0 Å². The van der Waals surface area contributed by atoms with Gasteiger partial charge in [-0.1, -0.05) is 30.3 Å². The molecule has 0 aliphatic carbocycles. The average Bonchev–Trinajstić information content (AvgIpc) is 2.35. The van der Waals surface area contributed by atoms with Crippen LogP contribution in [0, 0.1) is 0 Å². The molecule has 1 aromatic carbocycles. The van der Waals surface area contributed by atoms with Gasteiger partial charge in [0, 0.05) is 18.6 Å². The fraction of sp³-hybridized carbons (Fsp3) is 0.562. The van der Waals surface area contributed by atoms with Gasteiger partial charge < -0.3 is 4.90 Å². The second-order valence-electron chi connectivity index (χ2n) is 6.58. The van der Waals surface area contributed by atoms with Crippen LogP contribution in [-0.4, -0.2) is 40.4 Å². The number of hydrogen-bond acceptors (Lipinski definition) is 2. The van der Waals surface area contributed by atoms with Crippen molar-refractivity contribution in [1.29, 1.82) is 0 Å². The second-order valence-corrected chi connectivity index (χ2v) is 6.58. The SMILES string of the molecule is CN1C(C)(C)CN(Cc2ccccc2)C(=O)C1(C)C. The third-order valence-corrected chi connectivity index (χ3v) is 4.35. The molecule has 0 unspecified atom stereocenters. The molecule has 0 spiro atoms. The highest BCUT2D eigenvalue weighted by Gasteiger charge is 2.48. The molecule has 0 bridgehead atoms. The van der Waals surface area contributed by atoms with Crippen molar-refractivity contribution in [3.8, 4) is 0 Å². The Morgan fingerprint density at radius 3 is 2.26 bits per heavy atom. The number of carbonyl (C=O) groups excluding carboxylic acids is 1. The lowest BCUT2D eigenvalue weighted by atomic mass is 9.87. The monoisotopic (exact) mass is 260 g/mol. The zero-order valence-electron chi connectivity index (χ0n) is 12.6. The molecule has 0 N–H and O–H groups in total. The summed E-state index contributed by atoms with van der Waals surface area (Å²) in [5.74, 6) is 0.207. The van der Waals surface area contributed by atoms with Gasteiger partial charge in [0.1, 0.15) is 0 Å². The van der Waals surface area contributed by atoms with E-state index in [1.54, 1.807) is 0 Å². The molecule has 0 aromatic heterocycles. The lowest BCUT2D eigenvalue weighted by Gasteiger charge is -2.53. The highest BCUT2D eigenvalue weighted by molar-refractivity contribution is 5.86. The van der Waals surface area contributed by atoms with E-state index >= 15 is 0 Å². The van der Waals surface area contributed by atoms with Gasteiger partial charge in [-0.25, -0.2) is 0 Å². The first-order valence-electron chi connectivity index (χ1n) is 6.82. The van der Waals surface area contributed by atoms with Gasteiger partial charge in [0.15, 0.2) is 0 Å². The predicted octanol–water partition coefficient (Wildman–Crippen LogP) is 2.52. The number of hydrogen-bond donors (Lipinski definition) is 0. The summed E-state index contributed by atoms with van der Waals surface area (Å²) in [5, 5.41) is 0. The maximum atomic E-state index is 12.6. The zero-order valence-corrected chi connectivity index (χ0v) is 12.6. The van der Waals surface area contributed by atoms with Crippen molar-refractivity contribution in [3.05, 3.63) is 35.9 Å². The summed E-state index contributed by atoms with van der Waals surface area (Å²) in [6.07, 6.45) is 0. The van der Waals surface area contributed by atoms with Crippen LogP contribution in [0.25, 0.3) is 0 Å².